The molecule has 0 aromatic rings. The van der Waals surface area contributed by atoms with Crippen LogP contribution in [-0.2, 0) is 9.53 Å². The fourth-order valence-corrected chi connectivity index (χ4v) is 2.05. The average molecular weight is 258 g/mol. The summed E-state index contributed by atoms with van der Waals surface area (Å²) in [5.41, 5.74) is -1.28. The third-order valence-corrected chi connectivity index (χ3v) is 3.34. The van der Waals surface area contributed by atoms with Crippen molar-refractivity contribution in [3.8, 4) is 0 Å². The molecule has 1 saturated heterocycles. The topological polar surface area (TPSA) is 87.7 Å². The van der Waals surface area contributed by atoms with Gasteiger partial charge in [-0.2, -0.15) is 0 Å². The molecule has 18 heavy (non-hydrogen) atoms. The number of carbonyl (C=O) groups excluding carboxylic acids is 1. The number of hydrogen-bond donors (Lipinski definition) is 3. The highest BCUT2D eigenvalue weighted by atomic mass is 16.5. The van der Waals surface area contributed by atoms with Crippen LogP contribution in [0.25, 0.3) is 0 Å². The highest BCUT2D eigenvalue weighted by Gasteiger charge is 2.44. The molecule has 1 heterocycles. The monoisotopic (exact) mass is 258 g/mol. The number of nitrogens with one attached hydrogen (secondary N) is 2. The second kappa shape index (κ2) is 6.04. The van der Waals surface area contributed by atoms with Crippen molar-refractivity contribution < 1.29 is 19.4 Å². The summed E-state index contributed by atoms with van der Waals surface area (Å²) in [4.78, 5) is 23.1. The van der Waals surface area contributed by atoms with E-state index in [1.165, 1.54) is 0 Å². The van der Waals surface area contributed by atoms with Crippen LogP contribution in [0.5, 0.6) is 0 Å². The number of rotatable bonds is 5. The minimum atomic E-state index is -1.28. The molecule has 3 N–H and O–H groups in total. The lowest BCUT2D eigenvalue weighted by Gasteiger charge is -2.27. The summed E-state index contributed by atoms with van der Waals surface area (Å²) in [6.07, 6.45) is 1.11. The molecule has 1 aliphatic heterocycles. The van der Waals surface area contributed by atoms with Crippen LogP contribution in [0.1, 0.15) is 33.6 Å². The first kappa shape index (κ1) is 14.8. The fourth-order valence-electron chi connectivity index (χ4n) is 2.05. The van der Waals surface area contributed by atoms with E-state index < -0.39 is 17.5 Å². The first-order chi connectivity index (χ1) is 8.41. The van der Waals surface area contributed by atoms with Gasteiger partial charge in [0.15, 0.2) is 5.54 Å². The van der Waals surface area contributed by atoms with Gasteiger partial charge in [-0.15, -0.1) is 0 Å². The van der Waals surface area contributed by atoms with E-state index in [0.29, 0.717) is 18.9 Å². The quantitative estimate of drug-likeness (QED) is 0.685. The normalized spacial score (nSPS) is 24.9. The van der Waals surface area contributed by atoms with E-state index in [2.05, 4.69) is 10.6 Å². The SMILES string of the molecule is CCC(NC(=O)NC1(C(=O)O)CCOC1)C(C)C. The van der Waals surface area contributed by atoms with Gasteiger partial charge in [0.05, 0.1) is 6.61 Å². The van der Waals surface area contributed by atoms with Crippen molar-refractivity contribution in [2.45, 2.75) is 45.2 Å². The summed E-state index contributed by atoms with van der Waals surface area (Å²) < 4.78 is 5.08. The Hall–Kier alpha value is -1.30. The number of carboxylic acid groups (broad SMARTS) is 1. The van der Waals surface area contributed by atoms with Gasteiger partial charge in [0.2, 0.25) is 0 Å². The lowest BCUT2D eigenvalue weighted by atomic mass is 9.99. The predicted octanol–water partition coefficient (Wildman–Crippen LogP) is 0.964. The minimum absolute atomic E-state index is 0.0220. The van der Waals surface area contributed by atoms with Crippen molar-refractivity contribution >= 4 is 12.0 Å². The molecule has 0 saturated carbocycles. The number of urea groups is 1. The third kappa shape index (κ3) is 3.35. The fraction of sp³-hybridized carbons (Fsp3) is 0.833. The van der Waals surface area contributed by atoms with E-state index in [1.54, 1.807) is 0 Å². The van der Waals surface area contributed by atoms with Crippen molar-refractivity contribution in [2.75, 3.05) is 13.2 Å². The lowest BCUT2D eigenvalue weighted by Crippen LogP contribution is -2.59. The molecule has 0 aromatic heterocycles. The molecule has 1 fully saturated rings. The second-order valence-electron chi connectivity index (χ2n) is 5.05. The Morgan fingerprint density at radius 3 is 2.50 bits per heavy atom. The van der Waals surface area contributed by atoms with Crippen LogP contribution < -0.4 is 10.6 Å². The summed E-state index contributed by atoms with van der Waals surface area (Å²) in [6.45, 7) is 6.39. The number of ether oxygens (including phenoxy) is 1. The zero-order valence-corrected chi connectivity index (χ0v) is 11.2. The minimum Gasteiger partial charge on any atom is -0.479 e. The first-order valence-corrected chi connectivity index (χ1v) is 6.31. The Bertz CT molecular complexity index is 311. The van der Waals surface area contributed by atoms with Crippen LogP contribution in [0.15, 0.2) is 0 Å². The average Bonchev–Trinajstić information content (AvgIpc) is 2.75. The summed E-state index contributed by atoms with van der Waals surface area (Å²) >= 11 is 0. The molecule has 6 heteroatoms. The van der Waals surface area contributed by atoms with Gasteiger partial charge in [-0.25, -0.2) is 9.59 Å². The van der Waals surface area contributed by atoms with Crippen LogP contribution in [0.4, 0.5) is 4.79 Å². The summed E-state index contributed by atoms with van der Waals surface area (Å²) in [5, 5.41) is 14.5. The summed E-state index contributed by atoms with van der Waals surface area (Å²) in [5.74, 6) is -0.742. The van der Waals surface area contributed by atoms with Crippen molar-refractivity contribution in [3.05, 3.63) is 0 Å². The zero-order valence-electron chi connectivity index (χ0n) is 11.2. The van der Waals surface area contributed by atoms with E-state index in [-0.39, 0.29) is 12.6 Å². The van der Waals surface area contributed by atoms with Gasteiger partial charge in [-0.05, 0) is 12.3 Å². The molecule has 1 rings (SSSR count). The molecule has 2 unspecified atom stereocenters. The van der Waals surface area contributed by atoms with E-state index in [0.717, 1.165) is 6.42 Å². The summed E-state index contributed by atoms with van der Waals surface area (Å²) in [6, 6.07) is -0.401. The van der Waals surface area contributed by atoms with E-state index in [9.17, 15) is 14.7 Å². The smallest absolute Gasteiger partial charge is 0.332 e. The van der Waals surface area contributed by atoms with Crippen LogP contribution in [0, 0.1) is 5.92 Å². The number of aliphatic carboxylic acids is 1. The lowest BCUT2D eigenvalue weighted by molar-refractivity contribution is -0.144. The Morgan fingerprint density at radius 2 is 2.11 bits per heavy atom. The largest absolute Gasteiger partial charge is 0.479 e. The van der Waals surface area contributed by atoms with Gasteiger partial charge in [0.1, 0.15) is 0 Å². The van der Waals surface area contributed by atoms with Gasteiger partial charge in [0.25, 0.3) is 0 Å². The molecule has 0 aliphatic carbocycles. The summed E-state index contributed by atoms with van der Waals surface area (Å²) in [7, 11) is 0. The van der Waals surface area contributed by atoms with Crippen molar-refractivity contribution in [3.63, 3.8) is 0 Å². The first-order valence-electron chi connectivity index (χ1n) is 6.31. The van der Waals surface area contributed by atoms with Gasteiger partial charge in [0, 0.05) is 19.1 Å². The van der Waals surface area contributed by atoms with E-state index >= 15 is 0 Å². The molecule has 0 radical (unpaired) electrons. The molecule has 2 amide bonds. The van der Waals surface area contributed by atoms with Crippen LogP contribution >= 0.6 is 0 Å². The molecule has 6 nitrogen and oxygen atoms in total. The van der Waals surface area contributed by atoms with E-state index in [1.807, 2.05) is 20.8 Å². The Morgan fingerprint density at radius 1 is 1.44 bits per heavy atom. The van der Waals surface area contributed by atoms with E-state index in [4.69, 9.17) is 4.74 Å². The Kier molecular flexibility index (Phi) is 4.95. The van der Waals surface area contributed by atoms with Crippen molar-refractivity contribution in [2.24, 2.45) is 5.92 Å². The van der Waals surface area contributed by atoms with Crippen molar-refractivity contribution in [1.29, 1.82) is 0 Å². The number of hydrogen-bond acceptors (Lipinski definition) is 3. The molecule has 0 bridgehead atoms. The van der Waals surface area contributed by atoms with Gasteiger partial charge < -0.3 is 20.5 Å². The molecule has 104 valence electrons. The Balaban J connectivity index is 2.60. The van der Waals surface area contributed by atoms with Gasteiger partial charge >= 0.3 is 12.0 Å². The van der Waals surface area contributed by atoms with Gasteiger partial charge in [-0.3, -0.25) is 0 Å². The van der Waals surface area contributed by atoms with Crippen LogP contribution in [-0.4, -0.2) is 41.9 Å². The maximum atomic E-state index is 11.8. The third-order valence-electron chi connectivity index (χ3n) is 3.34. The zero-order chi connectivity index (χ0) is 13.8. The maximum absolute atomic E-state index is 11.8. The highest BCUT2D eigenvalue weighted by molar-refractivity contribution is 5.86. The van der Waals surface area contributed by atoms with Crippen molar-refractivity contribution in [1.82, 2.24) is 10.6 Å². The number of carbonyl (C=O) groups is 2. The maximum Gasteiger partial charge on any atom is 0.332 e. The predicted molar refractivity (Wildman–Crippen MR) is 66.4 cm³/mol. The molecule has 0 aromatic carbocycles. The molecular formula is C12H22N2O4. The number of carboxylic acids is 1. The molecule has 2 atom stereocenters. The van der Waals surface area contributed by atoms with Crippen LogP contribution in [0.2, 0.25) is 0 Å². The molecule has 0 spiro atoms. The Labute approximate surface area is 107 Å². The molecule has 1 aliphatic rings. The second-order valence-corrected chi connectivity index (χ2v) is 5.05. The number of amides is 2. The van der Waals surface area contributed by atoms with Crippen LogP contribution in [0.3, 0.4) is 0 Å². The van der Waals surface area contributed by atoms with Gasteiger partial charge in [-0.1, -0.05) is 20.8 Å². The highest BCUT2D eigenvalue weighted by Crippen LogP contribution is 2.19. The molecular weight excluding hydrogens is 236 g/mol. The standard InChI is InChI=1S/C12H22N2O4/c1-4-9(8(2)3)13-11(17)14-12(10(15)16)5-6-18-7-12/h8-9H,4-7H2,1-3H3,(H,15,16)(H2,13,14,17).